The lowest BCUT2D eigenvalue weighted by Gasteiger charge is -2.11. The van der Waals surface area contributed by atoms with Gasteiger partial charge >= 0.3 is 0 Å². The van der Waals surface area contributed by atoms with Crippen LogP contribution in [0.1, 0.15) is 0 Å². The van der Waals surface area contributed by atoms with E-state index in [0.29, 0.717) is 17.5 Å². The second-order valence-electron chi connectivity index (χ2n) is 12.9. The highest BCUT2D eigenvalue weighted by Gasteiger charge is 2.17. The van der Waals surface area contributed by atoms with Crippen molar-refractivity contribution in [1.29, 1.82) is 0 Å². The van der Waals surface area contributed by atoms with Crippen LogP contribution in [-0.4, -0.2) is 15.0 Å². The van der Waals surface area contributed by atoms with Crippen LogP contribution in [0.5, 0.6) is 0 Å². The van der Waals surface area contributed by atoms with Gasteiger partial charge in [-0.2, -0.15) is 0 Å². The second kappa shape index (κ2) is 12.1. The van der Waals surface area contributed by atoms with Gasteiger partial charge in [-0.25, -0.2) is 15.0 Å². The first-order valence-corrected chi connectivity index (χ1v) is 17.9. The van der Waals surface area contributed by atoms with Gasteiger partial charge in [-0.15, -0.1) is 11.3 Å². The van der Waals surface area contributed by atoms with E-state index in [9.17, 15) is 0 Å². The fourth-order valence-corrected chi connectivity index (χ4v) is 8.29. The van der Waals surface area contributed by atoms with Crippen molar-refractivity contribution in [2.45, 2.75) is 0 Å². The highest BCUT2D eigenvalue weighted by molar-refractivity contribution is 7.26. The van der Waals surface area contributed by atoms with Gasteiger partial charge in [0, 0.05) is 36.9 Å². The molecule has 10 rings (SSSR count). The normalized spacial score (nSPS) is 11.5. The van der Waals surface area contributed by atoms with Gasteiger partial charge in [-0.3, -0.25) is 0 Å². The van der Waals surface area contributed by atoms with E-state index >= 15 is 0 Å². The van der Waals surface area contributed by atoms with Crippen molar-refractivity contribution in [1.82, 2.24) is 15.0 Å². The van der Waals surface area contributed by atoms with E-state index in [0.717, 1.165) is 33.2 Å². The first-order chi connectivity index (χ1) is 25.2. The van der Waals surface area contributed by atoms with Gasteiger partial charge < -0.3 is 0 Å². The molecule has 0 spiro atoms. The first kappa shape index (κ1) is 29.4. The van der Waals surface area contributed by atoms with Gasteiger partial charge in [0.2, 0.25) is 0 Å². The van der Waals surface area contributed by atoms with E-state index in [2.05, 4.69) is 170 Å². The summed E-state index contributed by atoms with van der Waals surface area (Å²) in [5, 5.41) is 7.25. The van der Waals surface area contributed by atoms with E-state index in [4.69, 9.17) is 15.0 Å². The molecule has 0 saturated heterocycles. The third kappa shape index (κ3) is 5.34. The average molecular weight is 668 g/mol. The Morgan fingerprint density at radius 2 is 0.843 bits per heavy atom. The van der Waals surface area contributed by atoms with Gasteiger partial charge in [-0.05, 0) is 80.2 Å². The lowest BCUT2D eigenvalue weighted by Crippen LogP contribution is -2.00. The zero-order valence-electron chi connectivity index (χ0n) is 27.5. The topological polar surface area (TPSA) is 38.7 Å². The Hall–Kier alpha value is -6.49. The van der Waals surface area contributed by atoms with E-state index in [1.54, 1.807) is 11.3 Å². The summed E-state index contributed by atoms with van der Waals surface area (Å²) in [6.07, 6.45) is 0. The summed E-state index contributed by atoms with van der Waals surface area (Å²) in [7, 11) is 0. The number of fused-ring (bicyclic) bond motifs is 5. The first-order valence-electron chi connectivity index (χ1n) is 17.1. The standard InChI is InChI=1S/C47H29N3S/c1-2-10-30(11-3-1)34-14-8-15-37(27-34)45-48-46(50-47(49-45)42-18-9-17-41-40-16-6-7-19-43(40)51-44(41)42)38-25-22-32-21-24-36(28-39(32)29-38)35-23-20-31-12-4-5-13-33(31)26-35/h1-29H. The van der Waals surface area contributed by atoms with Gasteiger partial charge in [-0.1, -0.05) is 140 Å². The monoisotopic (exact) mass is 667 g/mol. The van der Waals surface area contributed by atoms with Crippen LogP contribution in [0.15, 0.2) is 176 Å². The lowest BCUT2D eigenvalue weighted by molar-refractivity contribution is 1.08. The van der Waals surface area contributed by atoms with Crippen LogP contribution in [0.25, 0.3) is 98.1 Å². The van der Waals surface area contributed by atoms with E-state index in [1.807, 2.05) is 6.07 Å². The molecule has 0 amide bonds. The summed E-state index contributed by atoms with van der Waals surface area (Å²) in [6, 6.07) is 62.3. The number of hydrogen-bond acceptors (Lipinski definition) is 4. The smallest absolute Gasteiger partial charge is 0.165 e. The predicted molar refractivity (Wildman–Crippen MR) is 215 cm³/mol. The molecule has 0 radical (unpaired) electrons. The average Bonchev–Trinajstić information content (AvgIpc) is 3.59. The third-order valence-corrected chi connectivity index (χ3v) is 10.9. The Labute approximate surface area is 299 Å². The molecule has 0 aliphatic carbocycles. The van der Waals surface area contributed by atoms with Crippen LogP contribution >= 0.6 is 11.3 Å². The maximum absolute atomic E-state index is 5.21. The van der Waals surface area contributed by atoms with Crippen molar-refractivity contribution >= 4 is 53.1 Å². The van der Waals surface area contributed by atoms with Gasteiger partial charge in [0.1, 0.15) is 0 Å². The molecule has 0 aliphatic heterocycles. The molecule has 8 aromatic carbocycles. The van der Waals surface area contributed by atoms with Crippen molar-refractivity contribution in [3.05, 3.63) is 176 Å². The highest BCUT2D eigenvalue weighted by atomic mass is 32.1. The van der Waals surface area contributed by atoms with Crippen LogP contribution < -0.4 is 0 Å². The molecule has 0 bridgehead atoms. The molecule has 2 heterocycles. The largest absolute Gasteiger partial charge is 0.208 e. The Morgan fingerprint density at radius 3 is 1.67 bits per heavy atom. The quantitative estimate of drug-likeness (QED) is 0.183. The van der Waals surface area contributed by atoms with Crippen molar-refractivity contribution in [3.8, 4) is 56.4 Å². The Kier molecular flexibility index (Phi) is 7.00. The fourth-order valence-electron chi connectivity index (χ4n) is 7.08. The predicted octanol–water partition coefficient (Wildman–Crippen LogP) is 12.9. The molecule has 0 saturated carbocycles. The number of rotatable bonds is 5. The van der Waals surface area contributed by atoms with Crippen molar-refractivity contribution in [2.75, 3.05) is 0 Å². The molecule has 0 aliphatic rings. The van der Waals surface area contributed by atoms with E-state index in [-0.39, 0.29) is 0 Å². The lowest BCUT2D eigenvalue weighted by atomic mass is 9.98. The summed E-state index contributed by atoms with van der Waals surface area (Å²) >= 11 is 1.79. The fraction of sp³-hybridized carbons (Fsp3) is 0. The van der Waals surface area contributed by atoms with E-state index in [1.165, 1.54) is 47.5 Å². The minimum Gasteiger partial charge on any atom is -0.208 e. The molecular formula is C47H29N3S. The maximum atomic E-state index is 5.21. The molecule has 0 atom stereocenters. The molecule has 4 heteroatoms. The summed E-state index contributed by atoms with van der Waals surface area (Å²) < 4.78 is 2.43. The Bertz CT molecular complexity index is 2930. The van der Waals surface area contributed by atoms with Gasteiger partial charge in [0.15, 0.2) is 17.5 Å². The Morgan fingerprint density at radius 1 is 0.314 bits per heavy atom. The zero-order chi connectivity index (χ0) is 33.7. The van der Waals surface area contributed by atoms with Crippen LogP contribution in [0.2, 0.25) is 0 Å². The van der Waals surface area contributed by atoms with Gasteiger partial charge in [0.25, 0.3) is 0 Å². The zero-order valence-corrected chi connectivity index (χ0v) is 28.3. The number of benzene rings is 8. The molecule has 238 valence electrons. The molecule has 51 heavy (non-hydrogen) atoms. The molecule has 0 N–H and O–H groups in total. The number of thiophene rings is 1. The molecule has 0 fully saturated rings. The number of aromatic nitrogens is 3. The van der Waals surface area contributed by atoms with Crippen LogP contribution in [0.4, 0.5) is 0 Å². The van der Waals surface area contributed by atoms with Crippen molar-refractivity contribution < 1.29 is 0 Å². The molecular weight excluding hydrogens is 639 g/mol. The molecule has 3 nitrogen and oxygen atoms in total. The summed E-state index contributed by atoms with van der Waals surface area (Å²) in [4.78, 5) is 15.5. The summed E-state index contributed by atoms with van der Waals surface area (Å²) in [6.45, 7) is 0. The second-order valence-corrected chi connectivity index (χ2v) is 13.9. The van der Waals surface area contributed by atoms with Crippen molar-refractivity contribution in [2.24, 2.45) is 0 Å². The minimum atomic E-state index is 0.649. The van der Waals surface area contributed by atoms with Crippen molar-refractivity contribution in [3.63, 3.8) is 0 Å². The van der Waals surface area contributed by atoms with E-state index < -0.39 is 0 Å². The van der Waals surface area contributed by atoms with Crippen LogP contribution in [0, 0.1) is 0 Å². The van der Waals surface area contributed by atoms with Crippen LogP contribution in [0.3, 0.4) is 0 Å². The third-order valence-electron chi connectivity index (χ3n) is 9.69. The van der Waals surface area contributed by atoms with Gasteiger partial charge in [0.05, 0.1) is 0 Å². The number of nitrogens with zero attached hydrogens (tertiary/aromatic N) is 3. The maximum Gasteiger partial charge on any atom is 0.165 e. The highest BCUT2D eigenvalue weighted by Crippen LogP contribution is 2.40. The molecule has 10 aromatic rings. The molecule has 2 aromatic heterocycles. The molecule has 0 unspecified atom stereocenters. The summed E-state index contributed by atoms with van der Waals surface area (Å²) in [5.74, 6) is 1.97. The minimum absolute atomic E-state index is 0.649. The van der Waals surface area contributed by atoms with Crippen LogP contribution in [-0.2, 0) is 0 Å². The SMILES string of the molecule is c1ccc(-c2cccc(-c3nc(-c4ccc5ccc(-c6ccc7ccccc7c6)cc5c4)nc(-c4cccc5c4sc4ccccc45)n3)c2)cc1. The Balaban J connectivity index is 1.15. The summed E-state index contributed by atoms with van der Waals surface area (Å²) in [5.41, 5.74) is 7.56. The number of hydrogen-bond donors (Lipinski definition) is 0.